The summed E-state index contributed by atoms with van der Waals surface area (Å²) in [6.07, 6.45) is 7.92. The van der Waals surface area contributed by atoms with Gasteiger partial charge in [-0.15, -0.1) is 0 Å². The normalized spacial score (nSPS) is 22.4. The second-order valence-corrected chi connectivity index (χ2v) is 6.05. The van der Waals surface area contributed by atoms with Crippen molar-refractivity contribution in [1.29, 1.82) is 0 Å². The van der Waals surface area contributed by atoms with Crippen molar-refractivity contribution in [3.63, 3.8) is 0 Å². The van der Waals surface area contributed by atoms with Gasteiger partial charge in [0.15, 0.2) is 0 Å². The van der Waals surface area contributed by atoms with Gasteiger partial charge in [0.1, 0.15) is 0 Å². The molecule has 3 rings (SSSR count). The zero-order valence-electron chi connectivity index (χ0n) is 11.9. The zero-order valence-corrected chi connectivity index (χ0v) is 12.6. The van der Waals surface area contributed by atoms with Crippen molar-refractivity contribution in [3.05, 3.63) is 47.2 Å². The topological polar surface area (TPSA) is 50.1 Å². The Bertz CT molecular complexity index is 581. The Morgan fingerprint density at radius 2 is 2.00 bits per heavy atom. The average molecular weight is 306 g/mol. The molecule has 2 aromatic rings. The van der Waals surface area contributed by atoms with Crippen LogP contribution in [0.25, 0.3) is 5.69 Å². The summed E-state index contributed by atoms with van der Waals surface area (Å²) >= 11 is 5.89. The monoisotopic (exact) mass is 305 g/mol. The summed E-state index contributed by atoms with van der Waals surface area (Å²) in [5.74, 6) is 0. The predicted molar refractivity (Wildman–Crippen MR) is 83.7 cm³/mol. The second kappa shape index (κ2) is 6.60. The maximum atomic E-state index is 9.96. The molecule has 4 nitrogen and oxygen atoms in total. The van der Waals surface area contributed by atoms with Crippen LogP contribution in [0.2, 0.25) is 5.02 Å². The van der Waals surface area contributed by atoms with Crippen LogP contribution in [0.4, 0.5) is 0 Å². The average Bonchev–Trinajstić information content (AvgIpc) is 2.96. The molecular formula is C16H20ClN3O. The maximum Gasteiger partial charge on any atom is 0.0693 e. The van der Waals surface area contributed by atoms with Crippen molar-refractivity contribution in [2.24, 2.45) is 0 Å². The predicted octanol–water partition coefficient (Wildman–Crippen LogP) is 2.92. The van der Waals surface area contributed by atoms with E-state index < -0.39 is 0 Å². The third kappa shape index (κ3) is 3.64. The molecule has 1 aromatic carbocycles. The Morgan fingerprint density at radius 3 is 2.76 bits per heavy atom. The van der Waals surface area contributed by atoms with E-state index in [1.54, 1.807) is 0 Å². The molecule has 0 bridgehead atoms. The van der Waals surface area contributed by atoms with Gasteiger partial charge < -0.3 is 10.4 Å². The fourth-order valence-electron chi connectivity index (χ4n) is 2.78. The van der Waals surface area contributed by atoms with Crippen molar-refractivity contribution < 1.29 is 5.11 Å². The first-order chi connectivity index (χ1) is 10.2. The third-order valence-corrected chi connectivity index (χ3v) is 4.28. The standard InChI is InChI=1S/C16H20ClN3O/c17-13-5-7-14(8-6-13)20-11-12(10-19-20)9-18-15-3-1-2-4-16(15)21/h5-8,10-11,15-16,18,21H,1-4,9H2. The fourth-order valence-corrected chi connectivity index (χ4v) is 2.91. The number of nitrogens with zero attached hydrogens (tertiary/aromatic N) is 2. The Balaban J connectivity index is 1.61. The van der Waals surface area contributed by atoms with Gasteiger partial charge in [0.2, 0.25) is 0 Å². The van der Waals surface area contributed by atoms with E-state index in [1.165, 1.54) is 6.42 Å². The van der Waals surface area contributed by atoms with Gasteiger partial charge in [-0.25, -0.2) is 4.68 Å². The molecule has 1 fully saturated rings. The highest BCUT2D eigenvalue weighted by Crippen LogP contribution is 2.19. The number of aliphatic hydroxyl groups is 1. The quantitative estimate of drug-likeness (QED) is 0.913. The minimum absolute atomic E-state index is 0.206. The van der Waals surface area contributed by atoms with Gasteiger partial charge >= 0.3 is 0 Å². The summed E-state index contributed by atoms with van der Waals surface area (Å²) in [6, 6.07) is 7.80. The lowest BCUT2D eigenvalue weighted by atomic mass is 9.92. The van der Waals surface area contributed by atoms with Gasteiger partial charge in [0.05, 0.1) is 18.0 Å². The van der Waals surface area contributed by atoms with Crippen LogP contribution in [-0.2, 0) is 6.54 Å². The first-order valence-electron chi connectivity index (χ1n) is 7.43. The molecule has 0 spiro atoms. The first-order valence-corrected chi connectivity index (χ1v) is 7.81. The van der Waals surface area contributed by atoms with Gasteiger partial charge in [0.25, 0.3) is 0 Å². The second-order valence-electron chi connectivity index (χ2n) is 5.61. The van der Waals surface area contributed by atoms with Gasteiger partial charge in [-0.3, -0.25) is 0 Å². The van der Waals surface area contributed by atoms with Crippen molar-refractivity contribution in [2.75, 3.05) is 0 Å². The van der Waals surface area contributed by atoms with E-state index in [-0.39, 0.29) is 12.1 Å². The van der Waals surface area contributed by atoms with Crippen LogP contribution in [0, 0.1) is 0 Å². The number of aromatic nitrogens is 2. The lowest BCUT2D eigenvalue weighted by Crippen LogP contribution is -2.41. The minimum Gasteiger partial charge on any atom is -0.392 e. The Morgan fingerprint density at radius 1 is 1.24 bits per heavy atom. The molecule has 0 aliphatic heterocycles. The van der Waals surface area contributed by atoms with Crippen molar-refractivity contribution in [1.82, 2.24) is 15.1 Å². The molecule has 0 amide bonds. The lowest BCUT2D eigenvalue weighted by Gasteiger charge is -2.28. The van der Waals surface area contributed by atoms with E-state index in [9.17, 15) is 5.11 Å². The molecule has 5 heteroatoms. The largest absolute Gasteiger partial charge is 0.392 e. The molecule has 1 saturated carbocycles. The molecule has 2 atom stereocenters. The highest BCUT2D eigenvalue weighted by molar-refractivity contribution is 6.30. The van der Waals surface area contributed by atoms with Gasteiger partial charge in [-0.2, -0.15) is 5.10 Å². The zero-order chi connectivity index (χ0) is 14.7. The fraction of sp³-hybridized carbons (Fsp3) is 0.438. The number of hydrogen-bond donors (Lipinski definition) is 2. The summed E-state index contributed by atoms with van der Waals surface area (Å²) < 4.78 is 1.84. The van der Waals surface area contributed by atoms with Crippen LogP contribution in [0.3, 0.4) is 0 Å². The number of nitrogens with one attached hydrogen (secondary N) is 1. The number of aliphatic hydroxyl groups excluding tert-OH is 1. The van der Waals surface area contributed by atoms with Gasteiger partial charge in [0, 0.05) is 29.4 Å². The summed E-state index contributed by atoms with van der Waals surface area (Å²) in [5.41, 5.74) is 2.10. The van der Waals surface area contributed by atoms with Crippen LogP contribution in [0.15, 0.2) is 36.7 Å². The summed E-state index contributed by atoms with van der Waals surface area (Å²) in [5, 5.41) is 18.5. The van der Waals surface area contributed by atoms with Crippen molar-refractivity contribution in [3.8, 4) is 5.69 Å². The number of halogens is 1. The van der Waals surface area contributed by atoms with Crippen molar-refractivity contribution in [2.45, 2.75) is 44.4 Å². The van der Waals surface area contributed by atoms with E-state index in [0.29, 0.717) is 0 Å². The van der Waals surface area contributed by atoms with Crippen LogP contribution in [0.1, 0.15) is 31.2 Å². The van der Waals surface area contributed by atoms with E-state index >= 15 is 0 Å². The molecule has 1 aromatic heterocycles. The molecule has 1 aliphatic carbocycles. The van der Waals surface area contributed by atoms with Crippen LogP contribution >= 0.6 is 11.6 Å². The molecule has 21 heavy (non-hydrogen) atoms. The Labute approximate surface area is 129 Å². The first kappa shape index (κ1) is 14.6. The molecule has 112 valence electrons. The van der Waals surface area contributed by atoms with Crippen molar-refractivity contribution >= 4 is 11.6 Å². The van der Waals surface area contributed by atoms with Crippen LogP contribution in [0.5, 0.6) is 0 Å². The third-order valence-electron chi connectivity index (χ3n) is 4.03. The number of rotatable bonds is 4. The molecule has 2 N–H and O–H groups in total. The highest BCUT2D eigenvalue weighted by atomic mass is 35.5. The highest BCUT2D eigenvalue weighted by Gasteiger charge is 2.22. The maximum absolute atomic E-state index is 9.96. The summed E-state index contributed by atoms with van der Waals surface area (Å²) in [7, 11) is 0. The SMILES string of the molecule is OC1CCCCC1NCc1cnn(-c2ccc(Cl)cc2)c1. The molecule has 1 heterocycles. The van der Waals surface area contributed by atoms with E-state index in [0.717, 1.165) is 42.1 Å². The smallest absolute Gasteiger partial charge is 0.0693 e. The van der Waals surface area contributed by atoms with Gasteiger partial charge in [-0.1, -0.05) is 24.4 Å². The number of benzene rings is 1. The molecule has 1 aliphatic rings. The van der Waals surface area contributed by atoms with Crippen LogP contribution in [-0.4, -0.2) is 27.0 Å². The summed E-state index contributed by atoms with van der Waals surface area (Å²) in [6.45, 7) is 0.731. The summed E-state index contributed by atoms with van der Waals surface area (Å²) in [4.78, 5) is 0. The van der Waals surface area contributed by atoms with Gasteiger partial charge in [-0.05, 0) is 37.1 Å². The molecule has 0 saturated heterocycles. The van der Waals surface area contributed by atoms with Crippen LogP contribution < -0.4 is 5.32 Å². The Kier molecular flexibility index (Phi) is 4.58. The Hall–Kier alpha value is -1.36. The van der Waals surface area contributed by atoms with E-state index in [4.69, 9.17) is 11.6 Å². The molecular weight excluding hydrogens is 286 g/mol. The minimum atomic E-state index is -0.218. The lowest BCUT2D eigenvalue weighted by molar-refractivity contribution is 0.0902. The van der Waals surface area contributed by atoms with E-state index in [2.05, 4.69) is 10.4 Å². The number of hydrogen-bond acceptors (Lipinski definition) is 3. The molecule has 0 radical (unpaired) electrons. The molecule has 2 unspecified atom stereocenters. The van der Waals surface area contributed by atoms with E-state index in [1.807, 2.05) is 41.3 Å².